The lowest BCUT2D eigenvalue weighted by Crippen LogP contribution is -2.26. The lowest BCUT2D eigenvalue weighted by Gasteiger charge is -2.22. The van der Waals surface area contributed by atoms with Gasteiger partial charge in [0.25, 0.3) is 0 Å². The van der Waals surface area contributed by atoms with Crippen LogP contribution in [0.4, 0.5) is 0 Å². The third-order valence-electron chi connectivity index (χ3n) is 3.06. The number of benzene rings is 1. The predicted molar refractivity (Wildman–Crippen MR) is 78.9 cm³/mol. The number of ether oxygens (including phenoxy) is 3. The van der Waals surface area contributed by atoms with E-state index >= 15 is 0 Å². The monoisotopic (exact) mass is 346 g/mol. The van der Waals surface area contributed by atoms with E-state index < -0.39 is 11.4 Å². The van der Waals surface area contributed by atoms with Crippen molar-refractivity contribution >= 4 is 21.9 Å². The van der Waals surface area contributed by atoms with Crippen LogP contribution in [0.1, 0.15) is 19.4 Å². The first-order chi connectivity index (χ1) is 9.28. The lowest BCUT2D eigenvalue weighted by atomic mass is 9.85. The smallest absolute Gasteiger partial charge is 0.309 e. The highest BCUT2D eigenvalue weighted by Gasteiger charge is 2.30. The minimum absolute atomic E-state index is 0.310. The zero-order valence-corrected chi connectivity index (χ0v) is 13.8. The van der Waals surface area contributed by atoms with E-state index in [0.29, 0.717) is 28.1 Å². The third-order valence-corrected chi connectivity index (χ3v) is 3.78. The fourth-order valence-electron chi connectivity index (χ4n) is 1.89. The molecule has 0 aliphatic rings. The molecule has 0 heterocycles. The van der Waals surface area contributed by atoms with E-state index in [9.17, 15) is 9.90 Å². The summed E-state index contributed by atoms with van der Waals surface area (Å²) >= 11 is 3.41. The average molecular weight is 347 g/mol. The highest BCUT2D eigenvalue weighted by Crippen LogP contribution is 2.45. The second kappa shape index (κ2) is 6.35. The van der Waals surface area contributed by atoms with Gasteiger partial charge in [-0.05, 0) is 42.3 Å². The number of methoxy groups -OCH3 is 3. The number of carboxylic acids is 1. The Hall–Kier alpha value is -1.43. The summed E-state index contributed by atoms with van der Waals surface area (Å²) in [5, 5.41) is 9.25. The molecule has 1 rings (SSSR count). The molecular weight excluding hydrogens is 328 g/mol. The molecule has 0 aromatic heterocycles. The van der Waals surface area contributed by atoms with Gasteiger partial charge in [-0.15, -0.1) is 0 Å². The second-order valence-electron chi connectivity index (χ2n) is 4.98. The van der Waals surface area contributed by atoms with Gasteiger partial charge < -0.3 is 19.3 Å². The molecule has 112 valence electrons. The van der Waals surface area contributed by atoms with Crippen molar-refractivity contribution in [3.63, 3.8) is 0 Å². The Morgan fingerprint density at radius 2 is 1.75 bits per heavy atom. The van der Waals surface area contributed by atoms with Crippen molar-refractivity contribution in [2.45, 2.75) is 20.3 Å². The first kappa shape index (κ1) is 16.6. The van der Waals surface area contributed by atoms with Gasteiger partial charge in [-0.3, -0.25) is 4.79 Å². The van der Waals surface area contributed by atoms with E-state index in [1.807, 2.05) is 0 Å². The normalized spacial score (nSPS) is 11.1. The van der Waals surface area contributed by atoms with Crippen LogP contribution in [0.2, 0.25) is 0 Å². The van der Waals surface area contributed by atoms with Crippen LogP contribution in [0.25, 0.3) is 0 Å². The molecule has 0 aliphatic heterocycles. The molecule has 0 radical (unpaired) electrons. The van der Waals surface area contributed by atoms with Gasteiger partial charge in [0.15, 0.2) is 11.5 Å². The van der Waals surface area contributed by atoms with Gasteiger partial charge in [-0.1, -0.05) is 0 Å². The lowest BCUT2D eigenvalue weighted by molar-refractivity contribution is -0.146. The van der Waals surface area contributed by atoms with Crippen LogP contribution in [0.3, 0.4) is 0 Å². The Labute approximate surface area is 127 Å². The quantitative estimate of drug-likeness (QED) is 0.857. The van der Waals surface area contributed by atoms with Crippen LogP contribution in [0, 0.1) is 5.41 Å². The summed E-state index contributed by atoms with van der Waals surface area (Å²) in [6, 6.07) is 1.74. The van der Waals surface area contributed by atoms with Gasteiger partial charge in [0.1, 0.15) is 10.2 Å². The molecule has 0 unspecified atom stereocenters. The number of hydrogen-bond donors (Lipinski definition) is 1. The minimum Gasteiger partial charge on any atom is -0.495 e. The summed E-state index contributed by atoms with van der Waals surface area (Å²) in [7, 11) is 4.59. The third kappa shape index (κ3) is 3.17. The van der Waals surface area contributed by atoms with Crippen LogP contribution in [-0.4, -0.2) is 32.4 Å². The van der Waals surface area contributed by atoms with Gasteiger partial charge in [0.2, 0.25) is 0 Å². The predicted octanol–water partition coefficient (Wildman–Crippen LogP) is 3.13. The number of rotatable bonds is 6. The van der Waals surface area contributed by atoms with E-state index in [1.54, 1.807) is 19.9 Å². The van der Waals surface area contributed by atoms with Crippen LogP contribution < -0.4 is 14.2 Å². The Morgan fingerprint density at radius 3 is 2.15 bits per heavy atom. The summed E-state index contributed by atoms with van der Waals surface area (Å²) in [5.74, 6) is 0.722. The molecule has 1 aromatic carbocycles. The first-order valence-electron chi connectivity index (χ1n) is 5.99. The molecule has 0 saturated heterocycles. The first-order valence-corrected chi connectivity index (χ1v) is 6.78. The number of aliphatic carboxylic acids is 1. The zero-order valence-electron chi connectivity index (χ0n) is 12.2. The van der Waals surface area contributed by atoms with Crippen LogP contribution in [0.15, 0.2) is 10.5 Å². The van der Waals surface area contributed by atoms with Crippen molar-refractivity contribution in [2.75, 3.05) is 21.3 Å². The number of halogens is 1. The molecule has 6 heteroatoms. The van der Waals surface area contributed by atoms with Crippen LogP contribution in [0.5, 0.6) is 17.2 Å². The van der Waals surface area contributed by atoms with Crippen molar-refractivity contribution in [1.82, 2.24) is 0 Å². The maximum atomic E-state index is 11.3. The highest BCUT2D eigenvalue weighted by molar-refractivity contribution is 9.10. The fraction of sp³-hybridized carbons (Fsp3) is 0.500. The molecule has 0 spiro atoms. The summed E-state index contributed by atoms with van der Waals surface area (Å²) in [6.07, 6.45) is 0.310. The largest absolute Gasteiger partial charge is 0.495 e. The highest BCUT2D eigenvalue weighted by atomic mass is 79.9. The SMILES string of the molecule is COc1cc(CC(C)(C)C(=O)O)c(OC)c(Br)c1OC. The Bertz CT molecular complexity index is 511. The molecule has 0 aliphatic carbocycles. The Morgan fingerprint density at radius 1 is 1.20 bits per heavy atom. The number of carbonyl (C=O) groups is 1. The van der Waals surface area contributed by atoms with Crippen molar-refractivity contribution in [2.24, 2.45) is 5.41 Å². The molecule has 1 N–H and O–H groups in total. The molecule has 0 fully saturated rings. The molecular formula is C14H19BrO5. The Balaban J connectivity index is 3.39. The van der Waals surface area contributed by atoms with Crippen LogP contribution >= 0.6 is 15.9 Å². The van der Waals surface area contributed by atoms with Gasteiger partial charge in [-0.25, -0.2) is 0 Å². The molecule has 0 atom stereocenters. The van der Waals surface area contributed by atoms with E-state index in [4.69, 9.17) is 14.2 Å². The average Bonchev–Trinajstić information content (AvgIpc) is 2.37. The van der Waals surface area contributed by atoms with E-state index in [2.05, 4.69) is 15.9 Å². The topological polar surface area (TPSA) is 65.0 Å². The molecule has 0 saturated carbocycles. The maximum absolute atomic E-state index is 11.3. The van der Waals surface area contributed by atoms with E-state index in [1.165, 1.54) is 21.3 Å². The second-order valence-corrected chi connectivity index (χ2v) is 5.78. The summed E-state index contributed by atoms with van der Waals surface area (Å²) in [4.78, 5) is 11.3. The maximum Gasteiger partial charge on any atom is 0.309 e. The van der Waals surface area contributed by atoms with Crippen LogP contribution in [-0.2, 0) is 11.2 Å². The van der Waals surface area contributed by atoms with Gasteiger partial charge in [0.05, 0.1) is 26.7 Å². The summed E-state index contributed by atoms with van der Waals surface area (Å²) in [5.41, 5.74) is -0.170. The summed E-state index contributed by atoms with van der Waals surface area (Å²) in [6.45, 7) is 3.33. The molecule has 0 amide bonds. The van der Waals surface area contributed by atoms with E-state index in [0.717, 1.165) is 5.56 Å². The van der Waals surface area contributed by atoms with Crippen molar-refractivity contribution in [3.05, 3.63) is 16.1 Å². The van der Waals surface area contributed by atoms with Crippen molar-refractivity contribution in [1.29, 1.82) is 0 Å². The van der Waals surface area contributed by atoms with Gasteiger partial charge in [0, 0.05) is 5.56 Å². The number of hydrogen-bond acceptors (Lipinski definition) is 4. The van der Waals surface area contributed by atoms with Gasteiger partial charge >= 0.3 is 5.97 Å². The Kier molecular flexibility index (Phi) is 5.28. The molecule has 0 bridgehead atoms. The zero-order chi connectivity index (χ0) is 15.5. The number of carboxylic acid groups (broad SMARTS) is 1. The van der Waals surface area contributed by atoms with Crippen molar-refractivity contribution in [3.8, 4) is 17.2 Å². The fourth-order valence-corrected chi connectivity index (χ4v) is 2.66. The standard InChI is InChI=1S/C14H19BrO5/c1-14(2,13(16)17)7-8-6-9(18-3)12(20-5)10(15)11(8)19-4/h6H,7H2,1-5H3,(H,16,17). The molecule has 20 heavy (non-hydrogen) atoms. The van der Waals surface area contributed by atoms with Gasteiger partial charge in [-0.2, -0.15) is 0 Å². The molecule has 1 aromatic rings. The summed E-state index contributed by atoms with van der Waals surface area (Å²) < 4.78 is 16.5. The van der Waals surface area contributed by atoms with Crippen molar-refractivity contribution < 1.29 is 24.1 Å². The van der Waals surface area contributed by atoms with E-state index in [-0.39, 0.29) is 0 Å². The molecule has 5 nitrogen and oxygen atoms in total. The minimum atomic E-state index is -0.910.